The van der Waals surface area contributed by atoms with Gasteiger partial charge in [-0.2, -0.15) is 0 Å². The van der Waals surface area contributed by atoms with Gasteiger partial charge in [0.25, 0.3) is 9.04 Å². The third-order valence-electron chi connectivity index (χ3n) is 3.46. The molecule has 0 atom stereocenters. The first-order chi connectivity index (χ1) is 11.6. The lowest BCUT2D eigenvalue weighted by atomic mass is 10.1. The van der Waals surface area contributed by atoms with Gasteiger partial charge in [-0.1, -0.05) is 42.5 Å². The van der Waals surface area contributed by atoms with E-state index in [0.29, 0.717) is 0 Å². The molecule has 0 spiro atoms. The summed E-state index contributed by atoms with van der Waals surface area (Å²) >= 11 is 1.70. The van der Waals surface area contributed by atoms with E-state index in [0.717, 1.165) is 27.6 Å². The predicted molar refractivity (Wildman–Crippen MR) is 106 cm³/mol. The minimum absolute atomic E-state index is 0. The first kappa shape index (κ1) is 16.7. The summed E-state index contributed by atoms with van der Waals surface area (Å²) in [5.74, 6) is 0.874. The van der Waals surface area contributed by atoms with Crippen molar-refractivity contribution < 1.29 is 5.85 Å². The molecule has 3 rings (SSSR count). The first-order valence-corrected chi connectivity index (χ1v) is 11.2. The van der Waals surface area contributed by atoms with Crippen molar-refractivity contribution in [2.75, 3.05) is 0 Å². The van der Waals surface area contributed by atoms with Crippen LogP contribution in [0, 0.1) is 6.92 Å². The topological polar surface area (TPSA) is 21.6 Å². The van der Waals surface area contributed by atoms with E-state index >= 15 is 0 Å². The molecule has 0 N–H and O–H groups in total. The molecule has 0 unspecified atom stereocenters. The normalized spacial score (nSPS) is 11.8. The molecule has 0 amide bonds. The van der Waals surface area contributed by atoms with E-state index in [2.05, 4.69) is 61.8 Å². The second kappa shape index (κ2) is 7.60. The fourth-order valence-corrected chi connectivity index (χ4v) is 3.75. The molecule has 2 nitrogen and oxygen atoms in total. The van der Waals surface area contributed by atoms with Gasteiger partial charge in [0.2, 0.25) is 0 Å². The highest BCUT2D eigenvalue weighted by Gasteiger charge is 2.12. The fraction of sp³-hybridized carbons (Fsp3) is 0.150. The van der Waals surface area contributed by atoms with Crippen molar-refractivity contribution in [1.82, 2.24) is 0 Å². The van der Waals surface area contributed by atoms with Crippen molar-refractivity contribution in [3.8, 4) is 5.75 Å². The second-order valence-electron chi connectivity index (χ2n) is 5.79. The first-order valence-electron chi connectivity index (χ1n) is 7.90. The minimum Gasteiger partial charge on any atom is -0.541 e. The maximum absolute atomic E-state index is 6.08. The van der Waals surface area contributed by atoms with E-state index in [-0.39, 0.29) is 1.43 Å². The van der Waals surface area contributed by atoms with Crippen LogP contribution in [0.1, 0.15) is 17.4 Å². The molecule has 0 bridgehead atoms. The van der Waals surface area contributed by atoms with Crippen LogP contribution in [0.2, 0.25) is 13.1 Å². The van der Waals surface area contributed by atoms with Crippen molar-refractivity contribution in [2.45, 2.75) is 20.0 Å². The second-order valence-corrected chi connectivity index (χ2v) is 8.75. The largest absolute Gasteiger partial charge is 1.00 e. The van der Waals surface area contributed by atoms with E-state index in [1.807, 2.05) is 24.3 Å². The zero-order valence-corrected chi connectivity index (χ0v) is 15.9. The molecule has 24 heavy (non-hydrogen) atoms. The lowest BCUT2D eigenvalue weighted by molar-refractivity contribution is 0.581. The molecule has 0 fully saturated rings. The maximum atomic E-state index is 6.08. The van der Waals surface area contributed by atoms with Gasteiger partial charge in [-0.15, -0.1) is 11.3 Å². The van der Waals surface area contributed by atoms with Gasteiger partial charge in [0.1, 0.15) is 11.4 Å². The highest BCUT2D eigenvalue weighted by Crippen LogP contribution is 2.31. The summed E-state index contributed by atoms with van der Waals surface area (Å²) in [4.78, 5) is 6.14. The lowest BCUT2D eigenvalue weighted by Gasteiger charge is -2.13. The van der Waals surface area contributed by atoms with Crippen molar-refractivity contribution in [2.24, 2.45) is 4.99 Å². The zero-order valence-electron chi connectivity index (χ0n) is 15.1. The number of hydrogen-bond acceptors (Lipinski definition) is 3. The summed E-state index contributed by atoms with van der Waals surface area (Å²) in [5, 5.41) is 2.08. The van der Waals surface area contributed by atoms with Gasteiger partial charge in [-0.3, -0.25) is 0 Å². The number of benzene rings is 2. The van der Waals surface area contributed by atoms with E-state index in [9.17, 15) is 0 Å². The number of aryl methyl sites for hydroxylation is 1. The Balaban J connectivity index is 0.00000225. The van der Waals surface area contributed by atoms with Crippen LogP contribution in [0.25, 0.3) is 0 Å². The third kappa shape index (κ3) is 4.02. The summed E-state index contributed by atoms with van der Waals surface area (Å²) < 4.78 is 6.08. The van der Waals surface area contributed by atoms with Crippen LogP contribution < -0.4 is 4.43 Å². The van der Waals surface area contributed by atoms with Crippen LogP contribution in [-0.4, -0.2) is 14.8 Å². The minimum atomic E-state index is -0.845. The average Bonchev–Trinajstić information content (AvgIpc) is 3.08. The monoisotopic (exact) mass is 351 g/mol. The Hall–Kier alpha value is -2.17. The summed E-state index contributed by atoms with van der Waals surface area (Å²) in [5.41, 5.74) is 4.17. The number of hydrogen-bond donors (Lipinski definition) is 0. The Morgan fingerprint density at radius 2 is 1.83 bits per heavy atom. The molecular formula is C20H21NOSSi+. The molecular weight excluding hydrogens is 330 g/mol. The van der Waals surface area contributed by atoms with Crippen molar-refractivity contribution in [3.63, 3.8) is 0 Å². The fourth-order valence-electron chi connectivity index (χ4n) is 2.41. The highest BCUT2D eigenvalue weighted by atomic mass is 32.1. The molecule has 0 aliphatic carbocycles. The molecule has 1 radical (unpaired) electrons. The van der Waals surface area contributed by atoms with Gasteiger partial charge in [0, 0.05) is 5.56 Å². The Kier molecular flexibility index (Phi) is 5.28. The Morgan fingerprint density at radius 3 is 2.50 bits per heavy atom. The average molecular weight is 352 g/mol. The molecule has 1 aromatic heterocycles. The summed E-state index contributed by atoms with van der Waals surface area (Å²) in [7, 11) is -0.845. The van der Waals surface area contributed by atoms with E-state index in [1.165, 1.54) is 5.56 Å². The standard InChI is InChI=1S/C20H20NOSSi/c1-15-11-12-17(18(14-15)22-24(2)3)21-20(19-10-7-13-23-19)16-8-5-4-6-9-16/h4-14H,1-3H3/p+1. The lowest BCUT2D eigenvalue weighted by Crippen LogP contribution is -2.11. The number of nitrogens with zero attached hydrogens (tertiary/aromatic N) is 1. The Morgan fingerprint density at radius 1 is 1.04 bits per heavy atom. The van der Waals surface area contributed by atoms with Crippen LogP contribution in [0.4, 0.5) is 5.69 Å². The molecule has 0 aliphatic heterocycles. The van der Waals surface area contributed by atoms with Crippen LogP contribution in [0.5, 0.6) is 5.75 Å². The zero-order chi connectivity index (χ0) is 16.9. The third-order valence-corrected chi connectivity index (χ3v) is 4.97. The number of thiophene rings is 1. The quantitative estimate of drug-likeness (QED) is 0.410. The molecule has 0 saturated heterocycles. The SMILES string of the molecule is Cc1ccc(N=C(c2ccccc2)c2cccs2)c(O[Si](C)C)c1.[H+]. The van der Waals surface area contributed by atoms with Crippen molar-refractivity contribution in [1.29, 1.82) is 0 Å². The van der Waals surface area contributed by atoms with E-state index in [4.69, 9.17) is 9.42 Å². The molecule has 3 aromatic rings. The predicted octanol–water partition coefficient (Wildman–Crippen LogP) is 5.97. The number of aliphatic imine (C=N–C) groups is 1. The Labute approximate surface area is 150 Å². The number of rotatable bonds is 5. The summed E-state index contributed by atoms with van der Waals surface area (Å²) in [6.45, 7) is 6.35. The van der Waals surface area contributed by atoms with Gasteiger partial charge < -0.3 is 4.43 Å². The molecule has 1 heterocycles. The summed E-state index contributed by atoms with van der Waals surface area (Å²) in [6.07, 6.45) is 0. The van der Waals surface area contributed by atoms with Crippen molar-refractivity contribution >= 4 is 31.8 Å². The Bertz CT molecular complexity index is 832. The van der Waals surface area contributed by atoms with Crippen molar-refractivity contribution in [3.05, 3.63) is 82.0 Å². The van der Waals surface area contributed by atoms with Gasteiger partial charge >= 0.3 is 1.43 Å². The maximum Gasteiger partial charge on any atom is 1.00 e. The van der Waals surface area contributed by atoms with Gasteiger partial charge in [0.05, 0.1) is 10.6 Å². The highest BCUT2D eigenvalue weighted by molar-refractivity contribution is 7.12. The molecule has 4 heteroatoms. The van der Waals surface area contributed by atoms with Gasteiger partial charge in [-0.25, -0.2) is 4.99 Å². The van der Waals surface area contributed by atoms with Gasteiger partial charge in [0.15, 0.2) is 0 Å². The van der Waals surface area contributed by atoms with Crippen LogP contribution in [-0.2, 0) is 0 Å². The molecule has 121 valence electrons. The molecule has 0 aliphatic rings. The van der Waals surface area contributed by atoms with E-state index < -0.39 is 9.04 Å². The smallest absolute Gasteiger partial charge is 0.541 e. The molecule has 0 saturated carbocycles. The van der Waals surface area contributed by atoms with Crippen LogP contribution >= 0.6 is 11.3 Å². The van der Waals surface area contributed by atoms with Crippen LogP contribution in [0.15, 0.2) is 71.0 Å². The van der Waals surface area contributed by atoms with Crippen LogP contribution in [0.3, 0.4) is 0 Å². The summed E-state index contributed by atoms with van der Waals surface area (Å²) in [6, 6.07) is 20.7. The van der Waals surface area contributed by atoms with E-state index in [1.54, 1.807) is 11.3 Å². The molecule has 2 aromatic carbocycles. The van der Waals surface area contributed by atoms with Gasteiger partial charge in [-0.05, 0) is 49.2 Å².